The zero-order chi connectivity index (χ0) is 19.4. The highest BCUT2D eigenvalue weighted by atomic mass is 19.4. The van der Waals surface area contributed by atoms with Crippen molar-refractivity contribution in [3.8, 4) is 0 Å². The highest BCUT2D eigenvalue weighted by Gasteiger charge is 2.30. The maximum atomic E-state index is 12.8. The second-order valence-electron chi connectivity index (χ2n) is 5.87. The second-order valence-corrected chi connectivity index (χ2v) is 5.87. The average Bonchev–Trinajstić information content (AvgIpc) is 3.09. The Hall–Kier alpha value is -3.35. The summed E-state index contributed by atoms with van der Waals surface area (Å²) in [5, 5.41) is 2.23. The summed E-state index contributed by atoms with van der Waals surface area (Å²) in [5.74, 6) is -1.82. The predicted molar refractivity (Wildman–Crippen MR) is 94.4 cm³/mol. The number of amides is 1. The van der Waals surface area contributed by atoms with E-state index in [-0.39, 0.29) is 11.4 Å². The van der Waals surface area contributed by atoms with E-state index < -0.39 is 23.4 Å². The number of carbonyl (C=O) groups is 2. The van der Waals surface area contributed by atoms with E-state index in [1.807, 2.05) is 30.3 Å². The van der Waals surface area contributed by atoms with Crippen molar-refractivity contribution in [1.82, 2.24) is 4.57 Å². The van der Waals surface area contributed by atoms with E-state index in [9.17, 15) is 22.8 Å². The lowest BCUT2D eigenvalue weighted by atomic mass is 10.2. The molecule has 138 valence electrons. The molecule has 0 unspecified atom stereocenters. The van der Waals surface area contributed by atoms with E-state index in [1.165, 1.54) is 18.2 Å². The summed E-state index contributed by atoms with van der Waals surface area (Å²) in [6, 6.07) is 16.6. The number of Topliss-reactive ketones (excluding diaryl/α,β-unsaturated/α-hetero) is 1. The van der Waals surface area contributed by atoms with Gasteiger partial charge in [0.25, 0.3) is 11.7 Å². The summed E-state index contributed by atoms with van der Waals surface area (Å²) in [6.07, 6.45) is -2.87. The van der Waals surface area contributed by atoms with Gasteiger partial charge in [-0.25, -0.2) is 0 Å². The minimum atomic E-state index is -4.53. The highest BCUT2D eigenvalue weighted by molar-refractivity contribution is 6.46. The Morgan fingerprint density at radius 2 is 1.67 bits per heavy atom. The van der Waals surface area contributed by atoms with Gasteiger partial charge in [0.1, 0.15) is 0 Å². The number of rotatable bonds is 5. The highest BCUT2D eigenvalue weighted by Crippen LogP contribution is 2.30. The van der Waals surface area contributed by atoms with E-state index in [1.54, 1.807) is 16.8 Å². The van der Waals surface area contributed by atoms with Crippen LogP contribution in [-0.2, 0) is 17.5 Å². The van der Waals surface area contributed by atoms with Crippen molar-refractivity contribution in [3.63, 3.8) is 0 Å². The monoisotopic (exact) mass is 372 g/mol. The number of anilines is 1. The first-order chi connectivity index (χ1) is 12.8. The van der Waals surface area contributed by atoms with Crippen molar-refractivity contribution in [2.45, 2.75) is 12.7 Å². The first-order valence-corrected chi connectivity index (χ1v) is 8.06. The topological polar surface area (TPSA) is 51.1 Å². The van der Waals surface area contributed by atoms with Crippen LogP contribution in [0.3, 0.4) is 0 Å². The molecule has 3 aromatic rings. The van der Waals surface area contributed by atoms with Crippen LogP contribution in [0.15, 0.2) is 72.9 Å². The van der Waals surface area contributed by atoms with Crippen LogP contribution >= 0.6 is 0 Å². The Bertz CT molecular complexity index is 963. The third-order valence-corrected chi connectivity index (χ3v) is 3.91. The first kappa shape index (κ1) is 18.4. The molecule has 0 saturated carbocycles. The Morgan fingerprint density at radius 3 is 2.37 bits per heavy atom. The molecule has 0 atom stereocenters. The van der Waals surface area contributed by atoms with Crippen LogP contribution in [-0.4, -0.2) is 16.3 Å². The number of nitrogens with one attached hydrogen (secondary N) is 1. The van der Waals surface area contributed by atoms with Crippen LogP contribution < -0.4 is 5.32 Å². The molecular weight excluding hydrogens is 357 g/mol. The molecule has 0 aliphatic carbocycles. The molecule has 1 aromatic heterocycles. The minimum Gasteiger partial charge on any atom is -0.340 e. The van der Waals surface area contributed by atoms with E-state index in [4.69, 9.17) is 0 Å². The summed E-state index contributed by atoms with van der Waals surface area (Å²) in [7, 11) is 0. The lowest BCUT2D eigenvalue weighted by Gasteiger charge is -2.11. The Kier molecular flexibility index (Phi) is 5.12. The van der Waals surface area contributed by atoms with Gasteiger partial charge in [-0.2, -0.15) is 13.2 Å². The number of ketones is 1. The molecule has 3 rings (SSSR count). The van der Waals surface area contributed by atoms with Gasteiger partial charge in [-0.3, -0.25) is 9.59 Å². The molecule has 0 saturated heterocycles. The lowest BCUT2D eigenvalue weighted by Crippen LogP contribution is -2.25. The Labute approximate surface area is 153 Å². The van der Waals surface area contributed by atoms with Gasteiger partial charge in [0.2, 0.25) is 0 Å². The number of aromatic nitrogens is 1. The summed E-state index contributed by atoms with van der Waals surface area (Å²) < 4.78 is 39.9. The number of benzene rings is 2. The molecule has 1 heterocycles. The van der Waals surface area contributed by atoms with E-state index in [0.717, 1.165) is 17.7 Å². The number of halogens is 3. The number of nitrogens with zero attached hydrogens (tertiary/aromatic N) is 1. The molecule has 1 amide bonds. The van der Waals surface area contributed by atoms with Crippen molar-refractivity contribution in [1.29, 1.82) is 0 Å². The van der Waals surface area contributed by atoms with Crippen molar-refractivity contribution >= 4 is 17.4 Å². The van der Waals surface area contributed by atoms with E-state index in [2.05, 4.69) is 5.32 Å². The fourth-order valence-corrected chi connectivity index (χ4v) is 2.62. The predicted octanol–water partition coefficient (Wildman–Crippen LogP) is 4.38. The quantitative estimate of drug-likeness (QED) is 0.534. The largest absolute Gasteiger partial charge is 0.416 e. The number of hydrogen-bond acceptors (Lipinski definition) is 2. The molecule has 0 spiro atoms. The molecule has 1 N–H and O–H groups in total. The molecule has 0 aliphatic rings. The lowest BCUT2D eigenvalue weighted by molar-refractivity contribution is -0.137. The van der Waals surface area contributed by atoms with Gasteiger partial charge in [-0.1, -0.05) is 36.4 Å². The molecule has 0 aliphatic heterocycles. The third-order valence-electron chi connectivity index (χ3n) is 3.91. The molecule has 0 radical (unpaired) electrons. The Balaban J connectivity index is 1.75. The molecule has 0 fully saturated rings. The van der Waals surface area contributed by atoms with Crippen molar-refractivity contribution in [2.24, 2.45) is 0 Å². The molecule has 7 heteroatoms. The fourth-order valence-electron chi connectivity index (χ4n) is 2.62. The van der Waals surface area contributed by atoms with E-state index in [0.29, 0.717) is 6.54 Å². The smallest absolute Gasteiger partial charge is 0.340 e. The molecule has 27 heavy (non-hydrogen) atoms. The summed E-state index contributed by atoms with van der Waals surface area (Å²) in [4.78, 5) is 24.7. The number of alkyl halides is 3. The van der Waals surface area contributed by atoms with Crippen molar-refractivity contribution in [2.75, 3.05) is 5.32 Å². The van der Waals surface area contributed by atoms with Crippen LogP contribution in [0.4, 0.5) is 18.9 Å². The number of carbonyl (C=O) groups excluding carboxylic acids is 2. The van der Waals surface area contributed by atoms with Gasteiger partial charge >= 0.3 is 6.18 Å². The van der Waals surface area contributed by atoms with Crippen LogP contribution in [0.2, 0.25) is 0 Å². The van der Waals surface area contributed by atoms with Gasteiger partial charge in [0.05, 0.1) is 11.3 Å². The van der Waals surface area contributed by atoms with Crippen molar-refractivity contribution < 1.29 is 22.8 Å². The van der Waals surface area contributed by atoms with Gasteiger partial charge in [-0.05, 0) is 35.9 Å². The summed E-state index contributed by atoms with van der Waals surface area (Å²) >= 11 is 0. The third kappa shape index (κ3) is 4.44. The van der Waals surface area contributed by atoms with Gasteiger partial charge in [0, 0.05) is 18.4 Å². The average molecular weight is 372 g/mol. The summed E-state index contributed by atoms with van der Waals surface area (Å²) in [5.41, 5.74) is 0.105. The van der Waals surface area contributed by atoms with Crippen LogP contribution in [0.25, 0.3) is 0 Å². The van der Waals surface area contributed by atoms with Crippen molar-refractivity contribution in [3.05, 3.63) is 89.7 Å². The maximum Gasteiger partial charge on any atom is 0.416 e. The second kappa shape index (κ2) is 7.49. The fraction of sp³-hybridized carbons (Fsp3) is 0.100. The Morgan fingerprint density at radius 1 is 0.926 bits per heavy atom. The molecule has 0 bridgehead atoms. The maximum absolute atomic E-state index is 12.8. The van der Waals surface area contributed by atoms with Gasteiger partial charge < -0.3 is 9.88 Å². The van der Waals surface area contributed by atoms with Gasteiger partial charge in [-0.15, -0.1) is 0 Å². The van der Waals surface area contributed by atoms with Gasteiger partial charge in [0.15, 0.2) is 0 Å². The zero-order valence-electron chi connectivity index (χ0n) is 14.0. The van der Waals surface area contributed by atoms with Crippen LogP contribution in [0.1, 0.15) is 21.6 Å². The SMILES string of the molecule is O=C(Nc1cccc(C(F)(F)F)c1)C(=O)c1cccn1Cc1ccccc1. The zero-order valence-corrected chi connectivity index (χ0v) is 14.0. The summed E-state index contributed by atoms with van der Waals surface area (Å²) in [6.45, 7) is 0.395. The molecule has 2 aromatic carbocycles. The minimum absolute atomic E-state index is 0.0932. The molecule has 4 nitrogen and oxygen atoms in total. The standard InChI is InChI=1S/C20H15F3N2O2/c21-20(22,23)15-8-4-9-16(12-15)24-19(27)18(26)17-10-5-11-25(17)13-14-6-2-1-3-7-14/h1-12H,13H2,(H,24,27). The van der Waals surface area contributed by atoms with Crippen LogP contribution in [0.5, 0.6) is 0 Å². The normalized spacial score (nSPS) is 11.2. The van der Waals surface area contributed by atoms with Crippen LogP contribution in [0, 0.1) is 0 Å². The first-order valence-electron chi connectivity index (χ1n) is 8.06. The van der Waals surface area contributed by atoms with E-state index >= 15 is 0 Å². The molecular formula is C20H15F3N2O2. The number of hydrogen-bond donors (Lipinski definition) is 1.